The minimum Gasteiger partial charge on any atom is -0.156 e. The molecule has 0 spiro atoms. The van der Waals surface area contributed by atoms with Crippen LogP contribution in [-0.4, -0.2) is 4.68 Å². The predicted molar refractivity (Wildman–Crippen MR) is 61.4 cm³/mol. The molecule has 0 fully saturated rings. The Hall–Kier alpha value is -1.57. The molecule has 0 bridgehead atoms. The third-order valence-electron chi connectivity index (χ3n) is 2.68. The third kappa shape index (κ3) is 1.80. The molecule has 0 atom stereocenters. The molecule has 0 N–H and O–H groups in total. The van der Waals surface area contributed by atoms with Crippen LogP contribution in [0.1, 0.15) is 19.9 Å². The van der Waals surface area contributed by atoms with Gasteiger partial charge in [0.25, 0.3) is 0 Å². The summed E-state index contributed by atoms with van der Waals surface area (Å²) >= 11 is 0. The quantitative estimate of drug-likeness (QED) is 0.660. The predicted octanol–water partition coefficient (Wildman–Crippen LogP) is 2.56. The highest BCUT2D eigenvalue weighted by Crippen LogP contribution is 2.16. The van der Waals surface area contributed by atoms with Crippen molar-refractivity contribution in [1.29, 1.82) is 0 Å². The fraction of sp³-hybridized carbons (Fsp3) is 0.308. The van der Waals surface area contributed by atoms with Crippen LogP contribution in [-0.2, 0) is 7.05 Å². The molecule has 0 unspecified atom stereocenters. The van der Waals surface area contributed by atoms with Crippen LogP contribution < -0.4 is 4.68 Å². The van der Waals surface area contributed by atoms with Gasteiger partial charge in [0.2, 0.25) is 0 Å². The standard InChI is InChI=1S/C13H17N2/c1-11(2)15-10-9-13(14(15)3)12-7-5-4-6-8-12/h4-11H,1-3H3/q+1. The van der Waals surface area contributed by atoms with Crippen molar-refractivity contribution < 1.29 is 4.68 Å². The van der Waals surface area contributed by atoms with E-state index in [0.717, 1.165) is 0 Å². The van der Waals surface area contributed by atoms with Crippen LogP contribution in [0.3, 0.4) is 0 Å². The lowest BCUT2D eigenvalue weighted by Crippen LogP contribution is -2.43. The monoisotopic (exact) mass is 201 g/mol. The molecule has 0 aliphatic rings. The molecule has 2 aromatic rings. The van der Waals surface area contributed by atoms with Crippen LogP contribution >= 0.6 is 0 Å². The highest BCUT2D eigenvalue weighted by Gasteiger charge is 2.15. The Labute approximate surface area is 90.8 Å². The first-order chi connectivity index (χ1) is 7.20. The van der Waals surface area contributed by atoms with Crippen LogP contribution in [0.4, 0.5) is 0 Å². The second-order valence-electron chi connectivity index (χ2n) is 4.06. The van der Waals surface area contributed by atoms with Crippen LogP contribution in [0.2, 0.25) is 0 Å². The van der Waals surface area contributed by atoms with Crippen molar-refractivity contribution >= 4 is 0 Å². The summed E-state index contributed by atoms with van der Waals surface area (Å²) in [4.78, 5) is 0. The van der Waals surface area contributed by atoms with E-state index in [1.807, 2.05) is 6.07 Å². The van der Waals surface area contributed by atoms with E-state index in [0.29, 0.717) is 6.04 Å². The second kappa shape index (κ2) is 3.89. The Morgan fingerprint density at radius 3 is 2.27 bits per heavy atom. The minimum absolute atomic E-state index is 0.493. The molecule has 0 saturated heterocycles. The second-order valence-corrected chi connectivity index (χ2v) is 4.06. The first kappa shape index (κ1) is 9.97. The number of hydrogen-bond donors (Lipinski definition) is 0. The van der Waals surface area contributed by atoms with Crippen molar-refractivity contribution in [3.05, 3.63) is 42.6 Å². The molecule has 0 radical (unpaired) electrons. The first-order valence-corrected chi connectivity index (χ1v) is 5.32. The van der Waals surface area contributed by atoms with Gasteiger partial charge in [0.05, 0.1) is 7.05 Å². The van der Waals surface area contributed by atoms with Gasteiger partial charge in [-0.2, -0.15) is 4.68 Å². The molecular formula is C13H17N2+. The van der Waals surface area contributed by atoms with E-state index in [1.165, 1.54) is 11.3 Å². The van der Waals surface area contributed by atoms with Crippen LogP contribution in [0.25, 0.3) is 11.3 Å². The molecule has 0 aliphatic carbocycles. The van der Waals surface area contributed by atoms with Gasteiger partial charge in [-0.25, -0.2) is 0 Å². The Morgan fingerprint density at radius 1 is 1.07 bits per heavy atom. The van der Waals surface area contributed by atoms with Crippen molar-refractivity contribution in [2.24, 2.45) is 7.05 Å². The topological polar surface area (TPSA) is 8.81 Å². The van der Waals surface area contributed by atoms with Crippen LogP contribution in [0.5, 0.6) is 0 Å². The number of benzene rings is 1. The lowest BCUT2D eigenvalue weighted by atomic mass is 10.2. The number of rotatable bonds is 2. The fourth-order valence-electron chi connectivity index (χ4n) is 1.89. The fourth-order valence-corrected chi connectivity index (χ4v) is 1.89. The van der Waals surface area contributed by atoms with Crippen molar-refractivity contribution in [1.82, 2.24) is 4.68 Å². The zero-order valence-electron chi connectivity index (χ0n) is 9.51. The van der Waals surface area contributed by atoms with Crippen LogP contribution in [0.15, 0.2) is 42.6 Å². The molecule has 15 heavy (non-hydrogen) atoms. The largest absolute Gasteiger partial charge is 0.196 e. The lowest BCUT2D eigenvalue weighted by Gasteiger charge is -2.03. The maximum absolute atomic E-state index is 2.22. The van der Waals surface area contributed by atoms with Gasteiger partial charge in [-0.05, 0) is 13.8 Å². The number of nitrogens with zero attached hydrogens (tertiary/aromatic N) is 2. The van der Waals surface area contributed by atoms with Gasteiger partial charge >= 0.3 is 0 Å². The molecule has 2 nitrogen and oxygen atoms in total. The Bertz CT molecular complexity index is 441. The summed E-state index contributed by atoms with van der Waals surface area (Å²) in [6, 6.07) is 13.1. The number of hydrogen-bond acceptors (Lipinski definition) is 0. The first-order valence-electron chi connectivity index (χ1n) is 5.32. The zero-order valence-corrected chi connectivity index (χ0v) is 9.51. The maximum Gasteiger partial charge on any atom is 0.196 e. The smallest absolute Gasteiger partial charge is 0.156 e. The van der Waals surface area contributed by atoms with E-state index in [1.54, 1.807) is 0 Å². The molecule has 0 aliphatic heterocycles. The Morgan fingerprint density at radius 2 is 1.73 bits per heavy atom. The minimum atomic E-state index is 0.493. The van der Waals surface area contributed by atoms with Gasteiger partial charge in [-0.15, -0.1) is 4.68 Å². The summed E-state index contributed by atoms with van der Waals surface area (Å²) in [7, 11) is 2.10. The SMILES string of the molecule is CC(C)[n+]1ccc(-c2ccccc2)n1C. The van der Waals surface area contributed by atoms with Crippen molar-refractivity contribution in [3.63, 3.8) is 0 Å². The van der Waals surface area contributed by atoms with Crippen LogP contribution in [0, 0.1) is 0 Å². The maximum atomic E-state index is 2.22. The molecule has 78 valence electrons. The average Bonchev–Trinajstić information content (AvgIpc) is 2.61. The molecule has 2 heteroatoms. The molecule has 1 aromatic carbocycles. The molecule has 0 amide bonds. The summed E-state index contributed by atoms with van der Waals surface area (Å²) < 4.78 is 4.42. The Balaban J connectivity index is 2.47. The van der Waals surface area contributed by atoms with Gasteiger partial charge in [0.1, 0.15) is 5.69 Å². The third-order valence-corrected chi connectivity index (χ3v) is 2.68. The molecule has 0 saturated carbocycles. The van der Waals surface area contributed by atoms with Crippen molar-refractivity contribution in [2.45, 2.75) is 19.9 Å². The van der Waals surface area contributed by atoms with E-state index in [9.17, 15) is 0 Å². The highest BCUT2D eigenvalue weighted by atomic mass is 15.4. The van der Waals surface area contributed by atoms with Gasteiger partial charge in [-0.3, -0.25) is 0 Å². The summed E-state index contributed by atoms with van der Waals surface area (Å²) in [5.74, 6) is 0. The molecule has 1 aromatic heterocycles. The summed E-state index contributed by atoms with van der Waals surface area (Å²) in [6.07, 6.45) is 2.13. The summed E-state index contributed by atoms with van der Waals surface area (Å²) in [5, 5.41) is 0. The van der Waals surface area contributed by atoms with E-state index in [4.69, 9.17) is 0 Å². The van der Waals surface area contributed by atoms with Gasteiger partial charge in [-0.1, -0.05) is 30.3 Å². The molecule has 1 heterocycles. The van der Waals surface area contributed by atoms with Crippen molar-refractivity contribution in [2.75, 3.05) is 0 Å². The molecular weight excluding hydrogens is 184 g/mol. The van der Waals surface area contributed by atoms with Gasteiger partial charge in [0.15, 0.2) is 12.2 Å². The zero-order chi connectivity index (χ0) is 10.8. The number of aromatic nitrogens is 2. The lowest BCUT2D eigenvalue weighted by molar-refractivity contribution is -0.789. The van der Waals surface area contributed by atoms with E-state index in [-0.39, 0.29) is 0 Å². The van der Waals surface area contributed by atoms with E-state index in [2.05, 4.69) is 66.8 Å². The normalized spacial score (nSPS) is 10.9. The van der Waals surface area contributed by atoms with Crippen molar-refractivity contribution in [3.8, 4) is 11.3 Å². The average molecular weight is 201 g/mol. The summed E-state index contributed by atoms with van der Waals surface area (Å²) in [6.45, 7) is 4.38. The Kier molecular flexibility index (Phi) is 2.58. The van der Waals surface area contributed by atoms with E-state index >= 15 is 0 Å². The molecule has 2 rings (SSSR count). The highest BCUT2D eigenvalue weighted by molar-refractivity contribution is 5.58. The summed E-state index contributed by atoms with van der Waals surface area (Å²) in [5.41, 5.74) is 2.52. The van der Waals surface area contributed by atoms with Gasteiger partial charge in [0, 0.05) is 11.6 Å². The van der Waals surface area contributed by atoms with Gasteiger partial charge < -0.3 is 0 Å². The van der Waals surface area contributed by atoms with E-state index < -0.39 is 0 Å².